The van der Waals surface area contributed by atoms with Crippen molar-refractivity contribution in [3.63, 3.8) is 0 Å². The van der Waals surface area contributed by atoms with Gasteiger partial charge in [-0.15, -0.1) is 0 Å². The van der Waals surface area contributed by atoms with Crippen LogP contribution in [0.5, 0.6) is 0 Å². The van der Waals surface area contributed by atoms with Crippen LogP contribution in [0.3, 0.4) is 0 Å². The molecular formula is C11H20O4S. The normalized spacial score (nSPS) is 27.3. The van der Waals surface area contributed by atoms with E-state index in [1.807, 2.05) is 0 Å². The first-order chi connectivity index (χ1) is 7.70. The Morgan fingerprint density at radius 2 is 1.94 bits per heavy atom. The molecule has 0 aromatic heterocycles. The fourth-order valence-corrected chi connectivity index (χ4v) is 2.85. The molecule has 0 bridgehead atoms. The van der Waals surface area contributed by atoms with Crippen LogP contribution in [0, 0.1) is 5.92 Å². The van der Waals surface area contributed by atoms with Gasteiger partial charge in [0.25, 0.3) is 0 Å². The van der Waals surface area contributed by atoms with Crippen molar-refractivity contribution in [3.05, 3.63) is 0 Å². The molecule has 1 aliphatic heterocycles. The molecule has 0 aromatic rings. The predicted octanol–water partition coefficient (Wildman–Crippen LogP) is 1.62. The topological polar surface area (TPSA) is 44.8 Å². The van der Waals surface area contributed by atoms with Gasteiger partial charge >= 0.3 is 0 Å². The van der Waals surface area contributed by atoms with Gasteiger partial charge in [0, 0.05) is 19.1 Å². The van der Waals surface area contributed by atoms with Gasteiger partial charge in [0.15, 0.2) is 16.9 Å². The second-order valence-corrected chi connectivity index (χ2v) is 5.60. The molecule has 1 aliphatic carbocycles. The minimum atomic E-state index is -1.13. The Labute approximate surface area is 99.3 Å². The van der Waals surface area contributed by atoms with Gasteiger partial charge in [0.2, 0.25) is 0 Å². The lowest BCUT2D eigenvalue weighted by Gasteiger charge is -2.35. The van der Waals surface area contributed by atoms with Crippen molar-refractivity contribution in [1.29, 1.82) is 0 Å². The SMILES string of the molecule is CS(=O)OCCC1CCC2(CC1)OCCO2. The molecule has 2 fully saturated rings. The summed E-state index contributed by atoms with van der Waals surface area (Å²) < 4.78 is 27.2. The zero-order valence-electron chi connectivity index (χ0n) is 9.78. The average Bonchev–Trinajstić information content (AvgIpc) is 2.70. The van der Waals surface area contributed by atoms with Crippen molar-refractivity contribution in [1.82, 2.24) is 0 Å². The predicted molar refractivity (Wildman–Crippen MR) is 61.2 cm³/mol. The summed E-state index contributed by atoms with van der Waals surface area (Å²) in [6.45, 7) is 2.08. The van der Waals surface area contributed by atoms with E-state index in [9.17, 15) is 4.21 Å². The van der Waals surface area contributed by atoms with E-state index in [0.29, 0.717) is 12.5 Å². The number of rotatable bonds is 4. The van der Waals surface area contributed by atoms with E-state index >= 15 is 0 Å². The molecule has 2 aliphatic rings. The van der Waals surface area contributed by atoms with Crippen LogP contribution in [0.2, 0.25) is 0 Å². The minimum absolute atomic E-state index is 0.259. The second kappa shape index (κ2) is 5.58. The van der Waals surface area contributed by atoms with Crippen molar-refractivity contribution in [2.45, 2.75) is 37.9 Å². The molecule has 1 unspecified atom stereocenters. The second-order valence-electron chi connectivity index (χ2n) is 4.56. The van der Waals surface area contributed by atoms with Gasteiger partial charge < -0.3 is 9.47 Å². The van der Waals surface area contributed by atoms with Crippen LogP contribution in [0.25, 0.3) is 0 Å². The summed E-state index contributed by atoms with van der Waals surface area (Å²) >= 11 is -1.13. The maximum absolute atomic E-state index is 10.7. The van der Waals surface area contributed by atoms with Gasteiger partial charge in [-0.25, -0.2) is 4.21 Å². The third-order valence-electron chi connectivity index (χ3n) is 3.46. The van der Waals surface area contributed by atoms with Crippen LogP contribution in [-0.4, -0.2) is 36.1 Å². The highest BCUT2D eigenvalue weighted by atomic mass is 32.2. The summed E-state index contributed by atoms with van der Waals surface area (Å²) in [5.74, 6) is 0.410. The molecule has 0 amide bonds. The highest BCUT2D eigenvalue weighted by Crippen LogP contribution is 2.39. The van der Waals surface area contributed by atoms with Gasteiger partial charge in [-0.2, -0.15) is 0 Å². The average molecular weight is 248 g/mol. The van der Waals surface area contributed by atoms with Crippen molar-refractivity contribution < 1.29 is 17.9 Å². The first-order valence-electron chi connectivity index (χ1n) is 5.95. The summed E-state index contributed by atoms with van der Waals surface area (Å²) in [4.78, 5) is 0. The van der Waals surface area contributed by atoms with E-state index < -0.39 is 11.1 Å². The number of ether oxygens (including phenoxy) is 2. The van der Waals surface area contributed by atoms with E-state index in [1.165, 1.54) is 0 Å². The lowest BCUT2D eigenvalue weighted by Crippen LogP contribution is -2.35. The minimum Gasteiger partial charge on any atom is -0.348 e. The molecular weight excluding hydrogens is 228 g/mol. The van der Waals surface area contributed by atoms with Gasteiger partial charge in [-0.1, -0.05) is 0 Å². The number of hydrogen-bond acceptors (Lipinski definition) is 4. The quantitative estimate of drug-likeness (QED) is 0.758. The van der Waals surface area contributed by atoms with Crippen LogP contribution in [0.1, 0.15) is 32.1 Å². The summed E-state index contributed by atoms with van der Waals surface area (Å²) in [5.41, 5.74) is 0. The molecule has 1 saturated heterocycles. The van der Waals surface area contributed by atoms with Crippen molar-refractivity contribution in [3.8, 4) is 0 Å². The Morgan fingerprint density at radius 1 is 1.31 bits per heavy atom. The van der Waals surface area contributed by atoms with E-state index in [1.54, 1.807) is 6.26 Å². The summed E-state index contributed by atoms with van der Waals surface area (Å²) in [7, 11) is 0. The summed E-state index contributed by atoms with van der Waals surface area (Å²) in [5, 5.41) is 0. The van der Waals surface area contributed by atoms with Gasteiger partial charge in [-0.05, 0) is 25.2 Å². The first kappa shape index (κ1) is 12.5. The van der Waals surface area contributed by atoms with Crippen LogP contribution in [-0.2, 0) is 24.7 Å². The molecule has 0 radical (unpaired) electrons. The van der Waals surface area contributed by atoms with Gasteiger partial charge in [0.05, 0.1) is 19.8 Å². The summed E-state index contributed by atoms with van der Waals surface area (Å²) in [6, 6.07) is 0. The number of hydrogen-bond donors (Lipinski definition) is 0. The lowest BCUT2D eigenvalue weighted by molar-refractivity contribution is -0.182. The maximum atomic E-state index is 10.7. The summed E-state index contributed by atoms with van der Waals surface area (Å²) in [6.07, 6.45) is 6.80. The van der Waals surface area contributed by atoms with Crippen molar-refractivity contribution in [2.24, 2.45) is 5.92 Å². The van der Waals surface area contributed by atoms with Crippen LogP contribution < -0.4 is 0 Å². The molecule has 0 aromatic carbocycles. The Bertz CT molecular complexity index is 240. The maximum Gasteiger partial charge on any atom is 0.168 e. The van der Waals surface area contributed by atoms with Gasteiger partial charge in [0.1, 0.15) is 0 Å². The van der Waals surface area contributed by atoms with Crippen molar-refractivity contribution in [2.75, 3.05) is 26.1 Å². The standard InChI is InChI=1S/C11H20O4S/c1-16(12)15-7-4-10-2-5-11(6-3-10)13-8-9-14-11/h10H,2-9H2,1H3. The first-order valence-corrected chi connectivity index (χ1v) is 7.43. The molecule has 1 heterocycles. The zero-order chi connectivity index (χ0) is 11.4. The third-order valence-corrected chi connectivity index (χ3v) is 3.95. The zero-order valence-corrected chi connectivity index (χ0v) is 10.6. The highest BCUT2D eigenvalue weighted by molar-refractivity contribution is 7.79. The fourth-order valence-electron chi connectivity index (χ4n) is 2.52. The van der Waals surface area contributed by atoms with Crippen LogP contribution in [0.15, 0.2) is 0 Å². The van der Waals surface area contributed by atoms with E-state index in [4.69, 9.17) is 13.7 Å². The molecule has 0 N–H and O–H groups in total. The van der Waals surface area contributed by atoms with Gasteiger partial charge in [-0.3, -0.25) is 4.18 Å². The lowest BCUT2D eigenvalue weighted by atomic mass is 9.83. The Hall–Kier alpha value is 0.0300. The largest absolute Gasteiger partial charge is 0.348 e. The van der Waals surface area contributed by atoms with E-state index in [-0.39, 0.29) is 5.79 Å². The molecule has 2 rings (SSSR count). The highest BCUT2D eigenvalue weighted by Gasteiger charge is 2.39. The molecule has 1 spiro atoms. The molecule has 1 saturated carbocycles. The Morgan fingerprint density at radius 3 is 2.50 bits per heavy atom. The third kappa shape index (κ3) is 3.26. The molecule has 1 atom stereocenters. The van der Waals surface area contributed by atoms with Crippen LogP contribution in [0.4, 0.5) is 0 Å². The smallest absolute Gasteiger partial charge is 0.168 e. The van der Waals surface area contributed by atoms with E-state index in [0.717, 1.165) is 45.3 Å². The molecule has 5 heteroatoms. The Kier molecular flexibility index (Phi) is 4.35. The Balaban J connectivity index is 1.67. The fraction of sp³-hybridized carbons (Fsp3) is 1.00. The monoisotopic (exact) mass is 248 g/mol. The van der Waals surface area contributed by atoms with Crippen LogP contribution >= 0.6 is 0 Å². The van der Waals surface area contributed by atoms with E-state index in [2.05, 4.69) is 0 Å². The molecule has 4 nitrogen and oxygen atoms in total. The molecule has 16 heavy (non-hydrogen) atoms. The van der Waals surface area contributed by atoms with Crippen molar-refractivity contribution >= 4 is 11.1 Å². The molecule has 94 valence electrons.